The monoisotopic (exact) mass is 346 g/mol. The van der Waals surface area contributed by atoms with Crippen molar-refractivity contribution in [2.75, 3.05) is 37.6 Å². The highest BCUT2D eigenvalue weighted by molar-refractivity contribution is 5.77. The number of alkyl halides is 3. The number of rotatable bonds is 4. The lowest BCUT2D eigenvalue weighted by Crippen LogP contribution is -2.50. The van der Waals surface area contributed by atoms with Crippen LogP contribution >= 0.6 is 0 Å². The number of carbonyl (C=O) groups is 2. The molecule has 0 aromatic carbocycles. The zero-order valence-electron chi connectivity index (χ0n) is 12.5. The second-order valence-electron chi connectivity index (χ2n) is 5.10. The Bertz CT molecular complexity index is 586. The molecule has 0 bridgehead atoms. The number of piperazine rings is 1. The fourth-order valence-electron chi connectivity index (χ4n) is 2.22. The first kappa shape index (κ1) is 17.8. The summed E-state index contributed by atoms with van der Waals surface area (Å²) in [4.78, 5) is 32.8. The lowest BCUT2D eigenvalue weighted by Gasteiger charge is -2.34. The standard InChI is InChI=1S/C13H16F3N5O3/c14-13(15,16)9-7-18-11(19-8-9)21-5-3-20(4-6-21)10(22)1-2-17-12(23)24/h7-8,17H,1-6H2,(H,23,24)/p-1. The number of amides is 2. The lowest BCUT2D eigenvalue weighted by atomic mass is 10.3. The van der Waals surface area contributed by atoms with Crippen LogP contribution in [0, 0.1) is 0 Å². The van der Waals surface area contributed by atoms with E-state index in [0.29, 0.717) is 26.2 Å². The van der Waals surface area contributed by atoms with Gasteiger partial charge in [-0.05, 0) is 0 Å². The summed E-state index contributed by atoms with van der Waals surface area (Å²) in [6, 6.07) is 0. The summed E-state index contributed by atoms with van der Waals surface area (Å²) >= 11 is 0. The van der Waals surface area contributed by atoms with Crippen molar-refractivity contribution in [3.63, 3.8) is 0 Å². The van der Waals surface area contributed by atoms with Crippen LogP contribution < -0.4 is 15.3 Å². The van der Waals surface area contributed by atoms with E-state index in [1.165, 1.54) is 0 Å². The van der Waals surface area contributed by atoms with E-state index >= 15 is 0 Å². The van der Waals surface area contributed by atoms with Crippen molar-refractivity contribution in [2.24, 2.45) is 0 Å². The number of nitrogens with one attached hydrogen (secondary N) is 1. The quantitative estimate of drug-likeness (QED) is 0.786. The Hall–Kier alpha value is -2.59. The second-order valence-corrected chi connectivity index (χ2v) is 5.10. The molecule has 0 unspecified atom stereocenters. The van der Waals surface area contributed by atoms with Gasteiger partial charge in [-0.25, -0.2) is 9.97 Å². The second kappa shape index (κ2) is 7.32. The van der Waals surface area contributed by atoms with Crippen molar-refractivity contribution in [3.8, 4) is 0 Å². The van der Waals surface area contributed by atoms with E-state index in [1.807, 2.05) is 5.32 Å². The molecule has 132 valence electrons. The molecule has 1 aliphatic heterocycles. The van der Waals surface area contributed by atoms with Crippen molar-refractivity contribution < 1.29 is 27.9 Å². The number of nitrogens with zero attached hydrogens (tertiary/aromatic N) is 4. The fourth-order valence-corrected chi connectivity index (χ4v) is 2.22. The largest absolute Gasteiger partial charge is 0.530 e. The Labute approximate surface area is 135 Å². The number of carboxylic acid groups (broad SMARTS) is 1. The summed E-state index contributed by atoms with van der Waals surface area (Å²) in [6.45, 7) is 1.45. The summed E-state index contributed by atoms with van der Waals surface area (Å²) in [6.07, 6.45) is -4.45. The zero-order valence-corrected chi connectivity index (χ0v) is 12.5. The van der Waals surface area contributed by atoms with Crippen LogP contribution in [0.2, 0.25) is 0 Å². The van der Waals surface area contributed by atoms with Gasteiger partial charge in [-0.1, -0.05) is 0 Å². The average Bonchev–Trinajstić information content (AvgIpc) is 2.54. The highest BCUT2D eigenvalue weighted by Crippen LogP contribution is 2.28. The van der Waals surface area contributed by atoms with Crippen LogP contribution in [0.3, 0.4) is 0 Å². The number of halogens is 3. The van der Waals surface area contributed by atoms with Crippen LogP contribution in [-0.2, 0) is 11.0 Å². The number of hydrogen-bond donors (Lipinski definition) is 1. The first-order valence-corrected chi connectivity index (χ1v) is 7.14. The maximum absolute atomic E-state index is 12.5. The molecule has 0 radical (unpaired) electrons. The summed E-state index contributed by atoms with van der Waals surface area (Å²) in [5.41, 5.74) is -0.916. The van der Waals surface area contributed by atoms with E-state index in [1.54, 1.807) is 9.80 Å². The predicted molar refractivity (Wildman–Crippen MR) is 73.8 cm³/mol. The fraction of sp³-hybridized carbons (Fsp3) is 0.538. The van der Waals surface area contributed by atoms with Crippen molar-refractivity contribution in [1.82, 2.24) is 20.2 Å². The first-order chi connectivity index (χ1) is 11.3. The minimum absolute atomic E-state index is 0.0186. The van der Waals surface area contributed by atoms with Gasteiger partial charge in [-0.3, -0.25) is 4.79 Å². The molecule has 2 amide bonds. The van der Waals surface area contributed by atoms with Gasteiger partial charge >= 0.3 is 6.18 Å². The molecule has 11 heteroatoms. The molecular formula is C13H15F3N5O3-. The molecule has 0 atom stereocenters. The maximum atomic E-state index is 12.5. The van der Waals surface area contributed by atoms with Gasteiger partial charge in [0.1, 0.15) is 6.09 Å². The maximum Gasteiger partial charge on any atom is 0.419 e. The predicted octanol–water partition coefficient (Wildman–Crippen LogP) is -0.533. The van der Waals surface area contributed by atoms with Crippen LogP contribution in [0.15, 0.2) is 12.4 Å². The van der Waals surface area contributed by atoms with E-state index in [2.05, 4.69) is 9.97 Å². The van der Waals surface area contributed by atoms with Crippen LogP contribution in [0.1, 0.15) is 12.0 Å². The van der Waals surface area contributed by atoms with Crippen LogP contribution in [0.5, 0.6) is 0 Å². The lowest BCUT2D eigenvalue weighted by molar-refractivity contribution is -0.250. The van der Waals surface area contributed by atoms with Gasteiger partial charge in [0.05, 0.1) is 5.56 Å². The van der Waals surface area contributed by atoms with Gasteiger partial charge < -0.3 is 25.0 Å². The van der Waals surface area contributed by atoms with Gasteiger partial charge in [-0.15, -0.1) is 0 Å². The van der Waals surface area contributed by atoms with Gasteiger partial charge in [0.25, 0.3) is 0 Å². The molecule has 0 spiro atoms. The number of anilines is 1. The summed E-state index contributed by atoms with van der Waals surface area (Å²) in [7, 11) is 0. The summed E-state index contributed by atoms with van der Waals surface area (Å²) in [5.74, 6) is -0.0366. The normalized spacial score (nSPS) is 15.3. The molecule has 0 saturated carbocycles. The third-order valence-corrected chi connectivity index (χ3v) is 3.49. The molecule has 1 aliphatic rings. The highest BCUT2D eigenvalue weighted by atomic mass is 19.4. The Balaban J connectivity index is 1.84. The number of hydrogen-bond acceptors (Lipinski definition) is 6. The van der Waals surface area contributed by atoms with Gasteiger partial charge in [0, 0.05) is 51.5 Å². The van der Waals surface area contributed by atoms with Crippen molar-refractivity contribution >= 4 is 17.9 Å². The Morgan fingerprint density at radius 3 is 2.25 bits per heavy atom. The van der Waals surface area contributed by atoms with E-state index < -0.39 is 17.8 Å². The van der Waals surface area contributed by atoms with Crippen molar-refractivity contribution in [2.45, 2.75) is 12.6 Å². The molecule has 1 aromatic heterocycles. The van der Waals surface area contributed by atoms with E-state index in [4.69, 9.17) is 0 Å². The molecule has 0 aliphatic carbocycles. The molecule has 1 aromatic rings. The summed E-state index contributed by atoms with van der Waals surface area (Å²) < 4.78 is 37.4. The van der Waals surface area contributed by atoms with Gasteiger partial charge in [0.15, 0.2) is 0 Å². The number of aromatic nitrogens is 2. The zero-order chi connectivity index (χ0) is 17.7. The minimum Gasteiger partial charge on any atom is -0.530 e. The topological polar surface area (TPSA) is 101 Å². The summed E-state index contributed by atoms with van der Waals surface area (Å²) in [5, 5.41) is 12.2. The molecule has 2 rings (SSSR count). The molecule has 8 nitrogen and oxygen atoms in total. The Morgan fingerprint density at radius 1 is 1.17 bits per heavy atom. The van der Waals surface area contributed by atoms with E-state index in [-0.39, 0.29) is 24.8 Å². The van der Waals surface area contributed by atoms with E-state index in [9.17, 15) is 27.9 Å². The Morgan fingerprint density at radius 2 is 1.75 bits per heavy atom. The van der Waals surface area contributed by atoms with Crippen molar-refractivity contribution in [1.29, 1.82) is 0 Å². The SMILES string of the molecule is O=C([O-])NCCC(=O)N1CCN(c2ncc(C(F)(F)F)cn2)CC1. The molecule has 24 heavy (non-hydrogen) atoms. The van der Waals surface area contributed by atoms with Crippen LogP contribution in [-0.4, -0.2) is 59.6 Å². The average molecular weight is 346 g/mol. The minimum atomic E-state index is -4.48. The number of carbonyl (C=O) groups excluding carboxylic acids is 2. The van der Waals surface area contributed by atoms with Crippen LogP contribution in [0.25, 0.3) is 0 Å². The first-order valence-electron chi connectivity index (χ1n) is 7.14. The smallest absolute Gasteiger partial charge is 0.419 e. The van der Waals surface area contributed by atoms with Crippen molar-refractivity contribution in [3.05, 3.63) is 18.0 Å². The molecule has 1 saturated heterocycles. The molecule has 1 fully saturated rings. The van der Waals surface area contributed by atoms with Gasteiger partial charge in [0.2, 0.25) is 11.9 Å². The van der Waals surface area contributed by atoms with Crippen LogP contribution in [0.4, 0.5) is 23.9 Å². The third kappa shape index (κ3) is 4.70. The van der Waals surface area contributed by atoms with E-state index in [0.717, 1.165) is 12.4 Å². The Kier molecular flexibility index (Phi) is 5.42. The highest BCUT2D eigenvalue weighted by Gasteiger charge is 2.32. The molecule has 1 N–H and O–H groups in total. The van der Waals surface area contributed by atoms with Gasteiger partial charge in [-0.2, -0.15) is 13.2 Å². The third-order valence-electron chi connectivity index (χ3n) is 3.49. The molecular weight excluding hydrogens is 331 g/mol. The molecule has 2 heterocycles.